The van der Waals surface area contributed by atoms with Crippen LogP contribution in [0.25, 0.3) is 0 Å². The molecule has 166 valence electrons. The van der Waals surface area contributed by atoms with Crippen LogP contribution in [0.1, 0.15) is 36.9 Å². The van der Waals surface area contributed by atoms with E-state index in [1.807, 2.05) is 54.1 Å². The lowest BCUT2D eigenvalue weighted by Crippen LogP contribution is -2.35. The maximum absolute atomic E-state index is 13.2. The maximum atomic E-state index is 13.2. The van der Waals surface area contributed by atoms with E-state index in [4.69, 9.17) is 23.2 Å². The Hall–Kier alpha value is -2.76. The molecule has 2 aromatic carbocycles. The molecule has 0 saturated carbocycles. The molecule has 1 amide bonds. The number of fused-ring (bicyclic) bond motifs is 1. The summed E-state index contributed by atoms with van der Waals surface area (Å²) in [5.74, 6) is 0.839. The third-order valence-corrected chi connectivity index (χ3v) is 6.46. The van der Waals surface area contributed by atoms with Crippen LogP contribution in [0.2, 0.25) is 10.0 Å². The number of hydrogen-bond donors (Lipinski definition) is 2. The molecule has 1 unspecified atom stereocenters. The van der Waals surface area contributed by atoms with Crippen molar-refractivity contribution in [3.8, 4) is 0 Å². The number of nitrogens with zero attached hydrogens (tertiary/aromatic N) is 2. The summed E-state index contributed by atoms with van der Waals surface area (Å²) in [5.41, 5.74) is 3.93. The molecule has 3 aromatic rings. The van der Waals surface area contributed by atoms with Gasteiger partial charge in [0.05, 0.1) is 27.9 Å². The molecule has 1 aliphatic rings. The van der Waals surface area contributed by atoms with Crippen molar-refractivity contribution in [2.45, 2.75) is 38.6 Å². The van der Waals surface area contributed by atoms with E-state index < -0.39 is 0 Å². The molecule has 4 rings (SSSR count). The van der Waals surface area contributed by atoms with Gasteiger partial charge in [-0.15, -0.1) is 0 Å². The van der Waals surface area contributed by atoms with Gasteiger partial charge in [-0.25, -0.2) is 4.68 Å². The average molecular weight is 469 g/mol. The lowest BCUT2D eigenvalue weighted by molar-refractivity contribution is -0.118. The van der Waals surface area contributed by atoms with Crippen molar-refractivity contribution in [1.29, 1.82) is 0 Å². The highest BCUT2D eigenvalue weighted by Crippen LogP contribution is 2.34. The monoisotopic (exact) mass is 468 g/mol. The maximum Gasteiger partial charge on any atom is 0.251 e. The van der Waals surface area contributed by atoms with Gasteiger partial charge in [0.15, 0.2) is 0 Å². The first-order valence-corrected chi connectivity index (χ1v) is 11.6. The lowest BCUT2D eigenvalue weighted by Gasteiger charge is -2.29. The molecule has 5 nitrogen and oxygen atoms in total. The van der Waals surface area contributed by atoms with Crippen LogP contribution in [0, 0.1) is 0 Å². The fraction of sp³-hybridized carbons (Fsp3) is 0.280. The SMILES string of the molecule is CC1=C(C(=O)NCCCc2ccccc2)C(CCc2ccc(Cl)c(Cl)c2)n2nccc2N1. The van der Waals surface area contributed by atoms with Gasteiger partial charge in [0, 0.05) is 18.3 Å². The molecule has 2 N–H and O–H groups in total. The number of halogens is 2. The molecule has 0 fully saturated rings. The second kappa shape index (κ2) is 10.2. The van der Waals surface area contributed by atoms with Crippen molar-refractivity contribution >= 4 is 34.9 Å². The number of aryl methyl sites for hydroxylation is 2. The molecule has 1 aliphatic heterocycles. The number of allylic oxidation sites excluding steroid dienone is 1. The van der Waals surface area contributed by atoms with Gasteiger partial charge in [-0.2, -0.15) is 5.10 Å². The van der Waals surface area contributed by atoms with E-state index in [0.717, 1.165) is 48.3 Å². The molecule has 7 heteroatoms. The number of amides is 1. The smallest absolute Gasteiger partial charge is 0.251 e. The second-order valence-electron chi connectivity index (χ2n) is 7.97. The predicted octanol–water partition coefficient (Wildman–Crippen LogP) is 5.81. The summed E-state index contributed by atoms with van der Waals surface area (Å²) in [6.07, 6.45) is 5.04. The van der Waals surface area contributed by atoms with E-state index in [2.05, 4.69) is 27.9 Å². The van der Waals surface area contributed by atoms with Crippen molar-refractivity contribution < 1.29 is 4.79 Å². The van der Waals surface area contributed by atoms with E-state index in [0.29, 0.717) is 16.6 Å². The number of nitrogens with one attached hydrogen (secondary N) is 2. The zero-order chi connectivity index (χ0) is 22.5. The summed E-state index contributed by atoms with van der Waals surface area (Å²) in [5, 5.41) is 12.0. The third kappa shape index (κ3) is 5.17. The molecule has 0 radical (unpaired) electrons. The summed E-state index contributed by atoms with van der Waals surface area (Å²) in [4.78, 5) is 13.2. The molecule has 32 heavy (non-hydrogen) atoms. The van der Waals surface area contributed by atoms with Crippen LogP contribution in [0.5, 0.6) is 0 Å². The van der Waals surface area contributed by atoms with Crippen molar-refractivity contribution in [2.24, 2.45) is 0 Å². The minimum absolute atomic E-state index is 0.0525. The Bertz CT molecular complexity index is 1120. The lowest BCUT2D eigenvalue weighted by atomic mass is 9.95. The van der Waals surface area contributed by atoms with Crippen LogP contribution in [-0.4, -0.2) is 22.2 Å². The van der Waals surface area contributed by atoms with Crippen LogP contribution < -0.4 is 10.6 Å². The summed E-state index contributed by atoms with van der Waals surface area (Å²) in [7, 11) is 0. The fourth-order valence-electron chi connectivity index (χ4n) is 4.11. The normalized spacial score (nSPS) is 15.3. The summed E-state index contributed by atoms with van der Waals surface area (Å²) < 4.78 is 1.89. The molecule has 1 atom stereocenters. The number of carbonyl (C=O) groups is 1. The Labute approximate surface area is 198 Å². The molecule has 0 aliphatic carbocycles. The van der Waals surface area contributed by atoms with Gasteiger partial charge >= 0.3 is 0 Å². The molecule has 1 aromatic heterocycles. The quantitative estimate of drug-likeness (QED) is 0.409. The molecule has 0 bridgehead atoms. The van der Waals surface area contributed by atoms with Crippen molar-refractivity contribution in [2.75, 3.05) is 11.9 Å². The molecule has 2 heterocycles. The van der Waals surface area contributed by atoms with Gasteiger partial charge in [-0.05, 0) is 55.9 Å². The first-order valence-electron chi connectivity index (χ1n) is 10.8. The predicted molar refractivity (Wildman–Crippen MR) is 130 cm³/mol. The minimum Gasteiger partial charge on any atom is -0.352 e. The van der Waals surface area contributed by atoms with E-state index in [9.17, 15) is 4.79 Å². The Morgan fingerprint density at radius 1 is 1.06 bits per heavy atom. The van der Waals surface area contributed by atoms with E-state index in [1.54, 1.807) is 6.20 Å². The first kappa shape index (κ1) is 22.4. The topological polar surface area (TPSA) is 59.0 Å². The van der Waals surface area contributed by atoms with Crippen LogP contribution in [0.15, 0.2) is 72.1 Å². The molecule has 0 spiro atoms. The minimum atomic E-state index is -0.162. The van der Waals surface area contributed by atoms with Crippen molar-refractivity contribution in [1.82, 2.24) is 15.1 Å². The van der Waals surface area contributed by atoms with E-state index >= 15 is 0 Å². The Kier molecular flexibility index (Phi) is 7.18. The van der Waals surface area contributed by atoms with Crippen LogP contribution in [0.4, 0.5) is 5.82 Å². The molecular weight excluding hydrogens is 443 g/mol. The zero-order valence-electron chi connectivity index (χ0n) is 17.9. The van der Waals surface area contributed by atoms with Crippen molar-refractivity contribution in [3.05, 3.63) is 93.2 Å². The van der Waals surface area contributed by atoms with E-state index in [1.165, 1.54) is 5.56 Å². The van der Waals surface area contributed by atoms with Gasteiger partial charge in [-0.1, -0.05) is 59.6 Å². The van der Waals surface area contributed by atoms with Gasteiger partial charge in [0.25, 0.3) is 5.91 Å². The highest BCUT2D eigenvalue weighted by atomic mass is 35.5. The van der Waals surface area contributed by atoms with Gasteiger partial charge in [-0.3, -0.25) is 4.79 Å². The highest BCUT2D eigenvalue weighted by molar-refractivity contribution is 6.42. The van der Waals surface area contributed by atoms with Crippen LogP contribution in [-0.2, 0) is 17.6 Å². The summed E-state index contributed by atoms with van der Waals surface area (Å²) in [6.45, 7) is 2.57. The van der Waals surface area contributed by atoms with Gasteiger partial charge < -0.3 is 10.6 Å². The van der Waals surface area contributed by atoms with Gasteiger partial charge in [0.1, 0.15) is 5.82 Å². The third-order valence-electron chi connectivity index (χ3n) is 5.72. The number of anilines is 1. The second-order valence-corrected chi connectivity index (χ2v) is 8.79. The van der Waals surface area contributed by atoms with E-state index in [-0.39, 0.29) is 11.9 Å². The molecule has 0 saturated heterocycles. The Balaban J connectivity index is 1.44. The molecular formula is C25H26Cl2N4O. The first-order chi connectivity index (χ1) is 15.5. The number of hydrogen-bond acceptors (Lipinski definition) is 3. The number of benzene rings is 2. The van der Waals surface area contributed by atoms with Crippen LogP contribution >= 0.6 is 23.2 Å². The van der Waals surface area contributed by atoms with Crippen LogP contribution in [0.3, 0.4) is 0 Å². The fourth-order valence-corrected chi connectivity index (χ4v) is 4.44. The van der Waals surface area contributed by atoms with Gasteiger partial charge in [0.2, 0.25) is 0 Å². The highest BCUT2D eigenvalue weighted by Gasteiger charge is 2.30. The standard InChI is InChI=1S/C25H26Cl2N4O/c1-17-24(25(32)28-14-5-8-18-6-3-2-4-7-18)22(31-23(30-17)13-15-29-31)12-10-19-9-11-20(26)21(27)16-19/h2-4,6-7,9,11,13,15-16,22,30H,5,8,10,12,14H2,1H3,(H,28,32). The van der Waals surface area contributed by atoms with Crippen molar-refractivity contribution in [3.63, 3.8) is 0 Å². The number of carbonyl (C=O) groups excluding carboxylic acids is 1. The summed E-state index contributed by atoms with van der Waals surface area (Å²) >= 11 is 12.2. The zero-order valence-corrected chi connectivity index (χ0v) is 19.5. The number of rotatable bonds is 8. The largest absolute Gasteiger partial charge is 0.352 e. The average Bonchev–Trinajstić information content (AvgIpc) is 3.26. The Morgan fingerprint density at radius 3 is 2.66 bits per heavy atom. The summed E-state index contributed by atoms with van der Waals surface area (Å²) in [6, 6.07) is 17.7. The number of aromatic nitrogens is 2. The Morgan fingerprint density at radius 2 is 1.88 bits per heavy atom.